The molecule has 0 saturated heterocycles. The summed E-state index contributed by atoms with van der Waals surface area (Å²) in [5.41, 5.74) is 5.51. The molecule has 0 atom stereocenters. The van der Waals surface area contributed by atoms with Gasteiger partial charge in [0, 0.05) is 6.54 Å². The van der Waals surface area contributed by atoms with Crippen LogP contribution in [-0.2, 0) is 11.6 Å². The van der Waals surface area contributed by atoms with Crippen molar-refractivity contribution in [3.8, 4) is 0 Å². The van der Waals surface area contributed by atoms with Gasteiger partial charge in [-0.15, -0.1) is 0 Å². The number of nitrogens with zero attached hydrogens (tertiary/aromatic N) is 1. The molecule has 1 aromatic carbocycles. The summed E-state index contributed by atoms with van der Waals surface area (Å²) in [6.45, 7) is 0.409. The third-order valence-corrected chi connectivity index (χ3v) is 4.37. The van der Waals surface area contributed by atoms with Crippen LogP contribution in [0.3, 0.4) is 0 Å². The summed E-state index contributed by atoms with van der Waals surface area (Å²) in [6.07, 6.45) is 0.627. The smallest absolute Gasteiger partial charge is 0.416 e. The van der Waals surface area contributed by atoms with Gasteiger partial charge >= 0.3 is 6.18 Å². The van der Waals surface area contributed by atoms with E-state index in [-0.39, 0.29) is 10.9 Å². The second-order valence-electron chi connectivity index (χ2n) is 5.74. The van der Waals surface area contributed by atoms with E-state index in [0.29, 0.717) is 18.0 Å². The first kappa shape index (κ1) is 14.4. The van der Waals surface area contributed by atoms with E-state index in [1.807, 2.05) is 0 Å². The Bertz CT molecular complexity index is 642. The van der Waals surface area contributed by atoms with Crippen molar-refractivity contribution in [1.29, 1.82) is 0 Å². The van der Waals surface area contributed by atoms with Crippen molar-refractivity contribution in [3.05, 3.63) is 29.7 Å². The first-order valence-electron chi connectivity index (χ1n) is 7.13. The number of alkyl halides is 3. The standard InChI is InChI=1S/C15H17F3N2O/c16-15(17,18)10-4-5-12-11(8-10)20-13(21-12)14(9-19)6-2-1-3-7-14/h4-5,8H,1-3,6-7,9,19H2. The predicted molar refractivity (Wildman–Crippen MR) is 72.8 cm³/mol. The van der Waals surface area contributed by atoms with Gasteiger partial charge in [0.2, 0.25) is 5.89 Å². The van der Waals surface area contributed by atoms with Crippen molar-refractivity contribution >= 4 is 11.1 Å². The molecule has 6 heteroatoms. The molecule has 3 rings (SSSR count). The number of nitrogens with two attached hydrogens (primary N) is 1. The van der Waals surface area contributed by atoms with E-state index in [9.17, 15) is 13.2 Å². The average Bonchev–Trinajstić information content (AvgIpc) is 2.90. The molecule has 0 unspecified atom stereocenters. The van der Waals surface area contributed by atoms with Gasteiger partial charge in [0.1, 0.15) is 5.52 Å². The minimum Gasteiger partial charge on any atom is -0.440 e. The van der Waals surface area contributed by atoms with Crippen LogP contribution in [0, 0.1) is 0 Å². The molecule has 0 amide bonds. The summed E-state index contributed by atoms with van der Waals surface area (Å²) in [4.78, 5) is 4.31. The van der Waals surface area contributed by atoms with Gasteiger partial charge in [-0.2, -0.15) is 13.2 Å². The van der Waals surface area contributed by atoms with Crippen LogP contribution in [-0.4, -0.2) is 11.5 Å². The van der Waals surface area contributed by atoms with Crippen LogP contribution >= 0.6 is 0 Å². The van der Waals surface area contributed by atoms with Crippen LogP contribution in [0.25, 0.3) is 11.1 Å². The molecule has 0 aliphatic heterocycles. The number of rotatable bonds is 2. The molecule has 1 aliphatic carbocycles. The predicted octanol–water partition coefficient (Wildman–Crippen LogP) is 4.01. The van der Waals surface area contributed by atoms with Crippen molar-refractivity contribution in [3.63, 3.8) is 0 Å². The highest BCUT2D eigenvalue weighted by atomic mass is 19.4. The Balaban J connectivity index is 2.04. The summed E-state index contributed by atoms with van der Waals surface area (Å²) in [5, 5.41) is 0. The van der Waals surface area contributed by atoms with Gasteiger partial charge in [0.05, 0.1) is 11.0 Å². The van der Waals surface area contributed by atoms with Gasteiger partial charge in [-0.25, -0.2) is 4.98 Å². The number of benzene rings is 1. The van der Waals surface area contributed by atoms with E-state index in [1.54, 1.807) is 0 Å². The molecule has 2 N–H and O–H groups in total. The van der Waals surface area contributed by atoms with Crippen LogP contribution in [0.2, 0.25) is 0 Å². The summed E-state index contributed by atoms with van der Waals surface area (Å²) >= 11 is 0. The molecular formula is C15H17F3N2O. The Morgan fingerprint density at radius 2 is 1.90 bits per heavy atom. The lowest BCUT2D eigenvalue weighted by atomic mass is 9.74. The Labute approximate surface area is 120 Å². The molecule has 1 heterocycles. The van der Waals surface area contributed by atoms with E-state index in [2.05, 4.69) is 4.98 Å². The van der Waals surface area contributed by atoms with E-state index in [1.165, 1.54) is 6.07 Å². The first-order chi connectivity index (χ1) is 9.94. The van der Waals surface area contributed by atoms with E-state index in [4.69, 9.17) is 10.2 Å². The molecule has 2 aromatic rings. The van der Waals surface area contributed by atoms with Crippen molar-refractivity contribution < 1.29 is 17.6 Å². The Hall–Kier alpha value is -1.56. The lowest BCUT2D eigenvalue weighted by Gasteiger charge is -2.32. The molecule has 0 spiro atoms. The molecule has 3 nitrogen and oxygen atoms in total. The van der Waals surface area contributed by atoms with Gasteiger partial charge in [-0.3, -0.25) is 0 Å². The molecule has 21 heavy (non-hydrogen) atoms. The molecule has 1 aliphatic rings. The van der Waals surface area contributed by atoms with Crippen molar-refractivity contribution in [2.24, 2.45) is 5.73 Å². The molecule has 0 bridgehead atoms. The Morgan fingerprint density at radius 1 is 1.19 bits per heavy atom. The normalized spacial score (nSPS) is 19.0. The van der Waals surface area contributed by atoms with Crippen molar-refractivity contribution in [1.82, 2.24) is 4.98 Å². The number of hydrogen-bond donors (Lipinski definition) is 1. The highest BCUT2D eigenvalue weighted by Gasteiger charge is 2.38. The zero-order valence-corrected chi connectivity index (χ0v) is 11.5. The monoisotopic (exact) mass is 298 g/mol. The average molecular weight is 298 g/mol. The summed E-state index contributed by atoms with van der Waals surface area (Å²) in [6, 6.07) is 3.39. The number of hydrogen-bond acceptors (Lipinski definition) is 3. The molecular weight excluding hydrogens is 281 g/mol. The van der Waals surface area contributed by atoms with Gasteiger partial charge in [-0.1, -0.05) is 19.3 Å². The lowest BCUT2D eigenvalue weighted by molar-refractivity contribution is -0.137. The Morgan fingerprint density at radius 3 is 2.52 bits per heavy atom. The van der Waals surface area contributed by atoms with E-state index < -0.39 is 11.7 Å². The maximum Gasteiger partial charge on any atom is 0.416 e. The molecule has 1 saturated carbocycles. The van der Waals surface area contributed by atoms with Crippen LogP contribution in [0.5, 0.6) is 0 Å². The maximum absolute atomic E-state index is 12.7. The largest absolute Gasteiger partial charge is 0.440 e. The summed E-state index contributed by atoms with van der Waals surface area (Å²) in [5.74, 6) is 0.485. The second kappa shape index (κ2) is 5.02. The van der Waals surface area contributed by atoms with Gasteiger partial charge in [-0.05, 0) is 31.0 Å². The van der Waals surface area contributed by atoms with Crippen LogP contribution < -0.4 is 5.73 Å². The first-order valence-corrected chi connectivity index (χ1v) is 7.13. The topological polar surface area (TPSA) is 52.0 Å². The fraction of sp³-hybridized carbons (Fsp3) is 0.533. The second-order valence-corrected chi connectivity index (χ2v) is 5.74. The zero-order valence-electron chi connectivity index (χ0n) is 11.5. The van der Waals surface area contributed by atoms with Gasteiger partial charge < -0.3 is 10.2 Å². The maximum atomic E-state index is 12.7. The number of halogens is 3. The number of fused-ring (bicyclic) bond motifs is 1. The molecule has 1 aromatic heterocycles. The van der Waals surface area contributed by atoms with E-state index >= 15 is 0 Å². The third kappa shape index (κ3) is 2.52. The van der Waals surface area contributed by atoms with Crippen molar-refractivity contribution in [2.75, 3.05) is 6.54 Å². The van der Waals surface area contributed by atoms with Crippen molar-refractivity contribution in [2.45, 2.75) is 43.7 Å². The van der Waals surface area contributed by atoms with E-state index in [0.717, 1.165) is 44.2 Å². The molecule has 114 valence electrons. The fourth-order valence-corrected chi connectivity index (χ4v) is 3.06. The number of oxazole rings is 1. The Kier molecular flexibility index (Phi) is 3.43. The summed E-state index contributed by atoms with van der Waals surface area (Å²) in [7, 11) is 0. The van der Waals surface area contributed by atoms with Crippen LogP contribution in [0.4, 0.5) is 13.2 Å². The molecule has 1 fully saturated rings. The minimum absolute atomic E-state index is 0.248. The van der Waals surface area contributed by atoms with Crippen LogP contribution in [0.1, 0.15) is 43.6 Å². The zero-order chi connectivity index (χ0) is 15.1. The summed E-state index contributed by atoms with van der Waals surface area (Å²) < 4.78 is 43.9. The van der Waals surface area contributed by atoms with Gasteiger partial charge in [0.15, 0.2) is 5.58 Å². The fourth-order valence-electron chi connectivity index (χ4n) is 3.06. The quantitative estimate of drug-likeness (QED) is 0.911. The SMILES string of the molecule is NCC1(c2nc3cc(C(F)(F)F)ccc3o2)CCCCC1. The molecule has 0 radical (unpaired) electrons. The lowest BCUT2D eigenvalue weighted by Crippen LogP contribution is -2.37. The van der Waals surface area contributed by atoms with Gasteiger partial charge in [0.25, 0.3) is 0 Å². The third-order valence-electron chi connectivity index (χ3n) is 4.37. The highest BCUT2D eigenvalue weighted by Crippen LogP contribution is 2.40. The highest BCUT2D eigenvalue weighted by molar-refractivity contribution is 5.73. The number of aromatic nitrogens is 1. The minimum atomic E-state index is -4.37. The van der Waals surface area contributed by atoms with Crippen LogP contribution in [0.15, 0.2) is 22.6 Å².